The summed E-state index contributed by atoms with van der Waals surface area (Å²) in [4.78, 5) is 34.4. The summed E-state index contributed by atoms with van der Waals surface area (Å²) in [6, 6.07) is 3.49. The van der Waals surface area contributed by atoms with Crippen LogP contribution in [0.1, 0.15) is 42.3 Å². The lowest BCUT2D eigenvalue weighted by Crippen LogP contribution is -2.13. The van der Waals surface area contributed by atoms with Crippen LogP contribution in [0, 0.1) is 0 Å². The van der Waals surface area contributed by atoms with Gasteiger partial charge in [0.15, 0.2) is 5.78 Å². The number of carbonyl (C=O) groups is 3. The van der Waals surface area contributed by atoms with Gasteiger partial charge in [-0.25, -0.2) is 0 Å². The fraction of sp³-hybridized carbons (Fsp3) is 0.417. The van der Waals surface area contributed by atoms with Crippen molar-refractivity contribution >= 4 is 29.1 Å². The first-order valence-electron chi connectivity index (χ1n) is 5.43. The number of ether oxygens (including phenoxy) is 1. The van der Waals surface area contributed by atoms with E-state index >= 15 is 0 Å². The SMILES string of the molecule is CCCC(=O)OC(=O)CCC(=O)c1cccs1. The minimum atomic E-state index is -0.631. The molecule has 4 nitrogen and oxygen atoms in total. The van der Waals surface area contributed by atoms with Gasteiger partial charge in [-0.05, 0) is 17.9 Å². The molecular formula is C12H14O4S. The molecule has 0 bridgehead atoms. The molecule has 0 unspecified atom stereocenters. The van der Waals surface area contributed by atoms with Crippen LogP contribution in [0.2, 0.25) is 0 Å². The summed E-state index contributed by atoms with van der Waals surface area (Å²) < 4.78 is 4.53. The van der Waals surface area contributed by atoms with Gasteiger partial charge in [-0.15, -0.1) is 11.3 Å². The molecule has 1 rings (SSSR count). The number of ketones is 1. The molecule has 0 aliphatic carbocycles. The third-order valence-electron chi connectivity index (χ3n) is 2.03. The van der Waals surface area contributed by atoms with Crippen LogP contribution in [0.25, 0.3) is 0 Å². The summed E-state index contributed by atoms with van der Waals surface area (Å²) in [5.41, 5.74) is 0. The Labute approximate surface area is 104 Å². The van der Waals surface area contributed by atoms with Crippen molar-refractivity contribution in [2.24, 2.45) is 0 Å². The fourth-order valence-electron chi connectivity index (χ4n) is 1.21. The maximum atomic E-state index is 11.5. The van der Waals surface area contributed by atoms with Gasteiger partial charge in [0.05, 0.1) is 11.3 Å². The van der Waals surface area contributed by atoms with E-state index in [9.17, 15) is 14.4 Å². The standard InChI is InChI=1S/C12H14O4S/c1-2-4-11(14)16-12(15)7-6-9(13)10-5-3-8-17-10/h3,5,8H,2,4,6-7H2,1H3. The largest absolute Gasteiger partial charge is 0.393 e. The van der Waals surface area contributed by atoms with Gasteiger partial charge in [-0.1, -0.05) is 13.0 Å². The average molecular weight is 254 g/mol. The zero-order valence-electron chi connectivity index (χ0n) is 9.60. The number of thiophene rings is 1. The van der Waals surface area contributed by atoms with Gasteiger partial charge in [0.1, 0.15) is 0 Å². The maximum absolute atomic E-state index is 11.5. The van der Waals surface area contributed by atoms with Crippen molar-refractivity contribution in [3.8, 4) is 0 Å². The first kappa shape index (κ1) is 13.6. The lowest BCUT2D eigenvalue weighted by Gasteiger charge is -2.01. The molecular weight excluding hydrogens is 240 g/mol. The highest BCUT2D eigenvalue weighted by Crippen LogP contribution is 2.12. The van der Waals surface area contributed by atoms with Crippen molar-refractivity contribution in [1.29, 1.82) is 0 Å². The second kappa shape index (κ2) is 6.96. The van der Waals surface area contributed by atoms with Crippen molar-refractivity contribution in [1.82, 2.24) is 0 Å². The second-order valence-corrected chi connectivity index (χ2v) is 4.44. The molecule has 0 saturated carbocycles. The topological polar surface area (TPSA) is 60.4 Å². The quantitative estimate of drug-likeness (QED) is 0.444. The van der Waals surface area contributed by atoms with Gasteiger partial charge >= 0.3 is 11.9 Å². The normalized spacial score (nSPS) is 9.94. The van der Waals surface area contributed by atoms with E-state index in [1.807, 2.05) is 6.92 Å². The number of hydrogen-bond acceptors (Lipinski definition) is 5. The van der Waals surface area contributed by atoms with Crippen LogP contribution in [-0.4, -0.2) is 17.7 Å². The highest BCUT2D eigenvalue weighted by molar-refractivity contribution is 7.12. The van der Waals surface area contributed by atoms with Gasteiger partial charge in [0.2, 0.25) is 0 Å². The summed E-state index contributed by atoms with van der Waals surface area (Å²) in [7, 11) is 0. The molecule has 0 fully saturated rings. The van der Waals surface area contributed by atoms with Gasteiger partial charge in [0, 0.05) is 12.8 Å². The Bertz CT molecular complexity index is 395. The number of hydrogen-bond donors (Lipinski definition) is 0. The van der Waals surface area contributed by atoms with Crippen molar-refractivity contribution in [2.45, 2.75) is 32.6 Å². The molecule has 0 spiro atoms. The van der Waals surface area contributed by atoms with E-state index < -0.39 is 11.9 Å². The van der Waals surface area contributed by atoms with Crippen LogP contribution in [-0.2, 0) is 14.3 Å². The Balaban J connectivity index is 2.29. The summed E-state index contributed by atoms with van der Waals surface area (Å²) in [5.74, 6) is -1.26. The number of Topliss-reactive ketones (excluding diaryl/α,β-unsaturated/α-hetero) is 1. The van der Waals surface area contributed by atoms with E-state index in [1.165, 1.54) is 11.3 Å². The van der Waals surface area contributed by atoms with Crippen molar-refractivity contribution in [3.63, 3.8) is 0 Å². The van der Waals surface area contributed by atoms with E-state index in [4.69, 9.17) is 0 Å². The summed E-state index contributed by atoms with van der Waals surface area (Å²) in [5, 5.41) is 1.80. The number of carbonyl (C=O) groups excluding carboxylic acids is 3. The molecule has 0 aliphatic heterocycles. The van der Waals surface area contributed by atoms with Crippen LogP contribution in [0.4, 0.5) is 0 Å². The third kappa shape index (κ3) is 4.91. The van der Waals surface area contributed by atoms with Crippen molar-refractivity contribution in [2.75, 3.05) is 0 Å². The van der Waals surface area contributed by atoms with Gasteiger partial charge < -0.3 is 4.74 Å². The predicted octanol–water partition coefficient (Wildman–Crippen LogP) is 2.58. The zero-order valence-corrected chi connectivity index (χ0v) is 10.4. The van der Waals surface area contributed by atoms with Crippen molar-refractivity contribution < 1.29 is 19.1 Å². The Kier molecular flexibility index (Phi) is 5.56. The highest BCUT2D eigenvalue weighted by atomic mass is 32.1. The molecule has 0 amide bonds. The van der Waals surface area contributed by atoms with Crippen LogP contribution in [0.5, 0.6) is 0 Å². The van der Waals surface area contributed by atoms with Gasteiger partial charge in [-0.3, -0.25) is 14.4 Å². The Morgan fingerprint density at radius 3 is 2.47 bits per heavy atom. The van der Waals surface area contributed by atoms with Gasteiger partial charge in [-0.2, -0.15) is 0 Å². The summed E-state index contributed by atoms with van der Waals surface area (Å²) in [6.07, 6.45) is 0.899. The Hall–Kier alpha value is -1.49. The maximum Gasteiger partial charge on any atom is 0.313 e. The first-order chi connectivity index (χ1) is 8.13. The fourth-order valence-corrected chi connectivity index (χ4v) is 1.90. The zero-order chi connectivity index (χ0) is 12.7. The molecule has 1 aromatic rings. The smallest absolute Gasteiger partial charge is 0.313 e. The minimum Gasteiger partial charge on any atom is -0.393 e. The molecule has 92 valence electrons. The minimum absolute atomic E-state index is 0.0494. The molecule has 0 atom stereocenters. The molecule has 17 heavy (non-hydrogen) atoms. The number of esters is 2. The molecule has 1 aromatic heterocycles. The van der Waals surface area contributed by atoms with Crippen LogP contribution in [0.3, 0.4) is 0 Å². The monoisotopic (exact) mass is 254 g/mol. The average Bonchev–Trinajstić information content (AvgIpc) is 2.79. The summed E-state index contributed by atoms with van der Waals surface area (Å²) in [6.45, 7) is 1.83. The van der Waals surface area contributed by atoms with Crippen LogP contribution < -0.4 is 0 Å². The second-order valence-electron chi connectivity index (χ2n) is 3.50. The molecule has 1 heterocycles. The number of rotatable bonds is 6. The lowest BCUT2D eigenvalue weighted by molar-refractivity contribution is -0.159. The molecule has 0 saturated heterocycles. The Morgan fingerprint density at radius 2 is 1.88 bits per heavy atom. The summed E-state index contributed by atoms with van der Waals surface area (Å²) >= 11 is 1.34. The highest BCUT2D eigenvalue weighted by Gasteiger charge is 2.13. The predicted molar refractivity (Wildman–Crippen MR) is 63.9 cm³/mol. The van der Waals surface area contributed by atoms with E-state index in [2.05, 4.69) is 4.74 Å². The molecule has 0 N–H and O–H groups in total. The third-order valence-corrected chi connectivity index (χ3v) is 2.94. The first-order valence-corrected chi connectivity index (χ1v) is 6.31. The Morgan fingerprint density at radius 1 is 1.18 bits per heavy atom. The van der Waals surface area contributed by atoms with E-state index in [0.29, 0.717) is 11.3 Å². The van der Waals surface area contributed by atoms with Gasteiger partial charge in [0.25, 0.3) is 0 Å². The van der Waals surface area contributed by atoms with Crippen LogP contribution >= 0.6 is 11.3 Å². The molecule has 0 radical (unpaired) electrons. The van der Waals surface area contributed by atoms with E-state index in [-0.39, 0.29) is 25.0 Å². The van der Waals surface area contributed by atoms with E-state index in [1.54, 1.807) is 17.5 Å². The van der Waals surface area contributed by atoms with E-state index in [0.717, 1.165) is 0 Å². The molecule has 0 aromatic carbocycles. The molecule has 0 aliphatic rings. The lowest BCUT2D eigenvalue weighted by atomic mass is 10.2. The van der Waals surface area contributed by atoms with Crippen LogP contribution in [0.15, 0.2) is 17.5 Å². The molecule has 5 heteroatoms. The van der Waals surface area contributed by atoms with Crippen molar-refractivity contribution in [3.05, 3.63) is 22.4 Å².